The van der Waals surface area contributed by atoms with Crippen LogP contribution < -0.4 is 4.74 Å². The van der Waals surface area contributed by atoms with Gasteiger partial charge in [0.15, 0.2) is 0 Å². The Morgan fingerprint density at radius 3 is 2.40 bits per heavy atom. The quantitative estimate of drug-likeness (QED) is 0.700. The highest BCUT2D eigenvalue weighted by molar-refractivity contribution is 5.52. The highest BCUT2D eigenvalue weighted by atomic mass is 16.5. The van der Waals surface area contributed by atoms with Gasteiger partial charge in [-0.2, -0.15) is 0 Å². The second-order valence-electron chi connectivity index (χ2n) is 5.36. The van der Waals surface area contributed by atoms with E-state index in [0.29, 0.717) is 0 Å². The van der Waals surface area contributed by atoms with Gasteiger partial charge in [0.1, 0.15) is 5.75 Å². The maximum Gasteiger partial charge on any atom is 0.119 e. The summed E-state index contributed by atoms with van der Waals surface area (Å²) in [6, 6.07) is 8.01. The van der Waals surface area contributed by atoms with Gasteiger partial charge < -0.3 is 9.84 Å². The molecule has 0 amide bonds. The van der Waals surface area contributed by atoms with Crippen LogP contribution in [0, 0.1) is 0 Å². The summed E-state index contributed by atoms with van der Waals surface area (Å²) >= 11 is 0. The highest BCUT2D eigenvalue weighted by Gasteiger charge is 2.20. The first-order valence-corrected chi connectivity index (χ1v) is 7.78. The van der Waals surface area contributed by atoms with Crippen molar-refractivity contribution >= 4 is 6.08 Å². The normalized spacial score (nSPS) is 12.0. The Hall–Kier alpha value is -1.28. The average molecular weight is 276 g/mol. The third-order valence-electron chi connectivity index (χ3n) is 3.28. The Kier molecular flexibility index (Phi) is 7.38. The molecular formula is C18H28O2. The van der Waals surface area contributed by atoms with Gasteiger partial charge >= 0.3 is 0 Å². The second-order valence-corrected chi connectivity index (χ2v) is 5.36. The molecule has 1 rings (SSSR count). The molecule has 0 aliphatic carbocycles. The summed E-state index contributed by atoms with van der Waals surface area (Å²) in [6.07, 6.45) is 8.55. The number of benzene rings is 1. The molecule has 20 heavy (non-hydrogen) atoms. The van der Waals surface area contributed by atoms with Crippen LogP contribution in [-0.4, -0.2) is 17.3 Å². The van der Waals surface area contributed by atoms with Crippen LogP contribution in [-0.2, 0) is 0 Å². The molecule has 0 aromatic heterocycles. The lowest BCUT2D eigenvalue weighted by Gasteiger charge is -2.23. The van der Waals surface area contributed by atoms with E-state index in [4.69, 9.17) is 4.74 Å². The fourth-order valence-corrected chi connectivity index (χ4v) is 2.34. The van der Waals surface area contributed by atoms with Gasteiger partial charge in [-0.15, -0.1) is 0 Å². The lowest BCUT2D eigenvalue weighted by atomic mass is 9.91. The summed E-state index contributed by atoms with van der Waals surface area (Å²) in [7, 11) is 0. The Balaban J connectivity index is 2.76. The van der Waals surface area contributed by atoms with Gasteiger partial charge in [0.25, 0.3) is 0 Å². The highest BCUT2D eigenvalue weighted by Crippen LogP contribution is 2.23. The molecule has 0 atom stereocenters. The Morgan fingerprint density at radius 2 is 1.80 bits per heavy atom. The predicted octanol–water partition coefficient (Wildman–Crippen LogP) is 4.82. The van der Waals surface area contributed by atoms with E-state index in [1.807, 2.05) is 36.4 Å². The Bertz CT molecular complexity index is 404. The van der Waals surface area contributed by atoms with Gasteiger partial charge in [-0.05, 0) is 37.0 Å². The van der Waals surface area contributed by atoms with E-state index in [-0.39, 0.29) is 0 Å². The van der Waals surface area contributed by atoms with E-state index in [1.54, 1.807) is 0 Å². The van der Waals surface area contributed by atoms with E-state index < -0.39 is 5.60 Å². The summed E-state index contributed by atoms with van der Waals surface area (Å²) in [5, 5.41) is 10.6. The van der Waals surface area contributed by atoms with E-state index >= 15 is 0 Å². The SMILES string of the molecule is CCCOc1cccc(/C=C/C(O)(CCC)CCC)c1. The molecular weight excluding hydrogens is 248 g/mol. The van der Waals surface area contributed by atoms with E-state index in [2.05, 4.69) is 20.8 Å². The molecule has 0 heterocycles. The van der Waals surface area contributed by atoms with Crippen LogP contribution in [0.4, 0.5) is 0 Å². The van der Waals surface area contributed by atoms with Crippen LogP contribution in [0.1, 0.15) is 58.4 Å². The molecule has 0 aliphatic heterocycles. The molecule has 0 radical (unpaired) electrons. The minimum atomic E-state index is -0.677. The Labute approximate surface area is 123 Å². The van der Waals surface area contributed by atoms with Crippen molar-refractivity contribution in [2.24, 2.45) is 0 Å². The number of rotatable bonds is 9. The van der Waals surface area contributed by atoms with Gasteiger partial charge in [0.2, 0.25) is 0 Å². The minimum Gasteiger partial charge on any atom is -0.494 e. The molecule has 1 aromatic carbocycles. The Morgan fingerprint density at radius 1 is 1.10 bits per heavy atom. The van der Waals surface area contributed by atoms with Crippen molar-refractivity contribution in [3.63, 3.8) is 0 Å². The van der Waals surface area contributed by atoms with Crippen molar-refractivity contribution in [3.05, 3.63) is 35.9 Å². The van der Waals surface area contributed by atoms with Crippen molar-refractivity contribution in [2.75, 3.05) is 6.61 Å². The average Bonchev–Trinajstić information content (AvgIpc) is 2.44. The summed E-state index contributed by atoms with van der Waals surface area (Å²) in [5.74, 6) is 0.892. The van der Waals surface area contributed by atoms with Crippen molar-refractivity contribution < 1.29 is 9.84 Å². The van der Waals surface area contributed by atoms with Gasteiger partial charge in [-0.1, -0.05) is 57.9 Å². The fraction of sp³-hybridized carbons (Fsp3) is 0.556. The molecule has 112 valence electrons. The van der Waals surface area contributed by atoms with Gasteiger partial charge in [0, 0.05) is 0 Å². The smallest absolute Gasteiger partial charge is 0.119 e. The number of ether oxygens (including phenoxy) is 1. The van der Waals surface area contributed by atoms with Crippen LogP contribution >= 0.6 is 0 Å². The van der Waals surface area contributed by atoms with Crippen molar-refractivity contribution in [1.29, 1.82) is 0 Å². The minimum absolute atomic E-state index is 0.677. The predicted molar refractivity (Wildman–Crippen MR) is 86.0 cm³/mol. The summed E-state index contributed by atoms with van der Waals surface area (Å²) < 4.78 is 5.63. The van der Waals surface area contributed by atoms with E-state index in [9.17, 15) is 5.11 Å². The monoisotopic (exact) mass is 276 g/mol. The molecule has 1 N–H and O–H groups in total. The van der Waals surface area contributed by atoms with Gasteiger partial charge in [0.05, 0.1) is 12.2 Å². The van der Waals surface area contributed by atoms with Crippen LogP contribution in [0.5, 0.6) is 5.75 Å². The largest absolute Gasteiger partial charge is 0.494 e. The molecule has 0 spiro atoms. The van der Waals surface area contributed by atoms with Crippen LogP contribution in [0.3, 0.4) is 0 Å². The maximum absolute atomic E-state index is 10.6. The summed E-state index contributed by atoms with van der Waals surface area (Å²) in [5.41, 5.74) is 0.397. The van der Waals surface area contributed by atoms with Crippen molar-refractivity contribution in [1.82, 2.24) is 0 Å². The van der Waals surface area contributed by atoms with Crippen LogP contribution in [0.15, 0.2) is 30.3 Å². The van der Waals surface area contributed by atoms with Crippen LogP contribution in [0.25, 0.3) is 6.08 Å². The van der Waals surface area contributed by atoms with E-state index in [1.165, 1.54) is 0 Å². The van der Waals surface area contributed by atoms with Crippen molar-refractivity contribution in [3.8, 4) is 5.75 Å². The molecule has 0 saturated carbocycles. The van der Waals surface area contributed by atoms with Gasteiger partial charge in [-0.25, -0.2) is 0 Å². The third-order valence-corrected chi connectivity index (χ3v) is 3.28. The standard InChI is InChI=1S/C18H28O2/c1-4-11-18(19,12-5-2)13-10-16-8-7-9-17(15-16)20-14-6-3/h7-10,13,15,19H,4-6,11-12,14H2,1-3H3/b13-10+. The maximum atomic E-state index is 10.6. The molecule has 0 bridgehead atoms. The van der Waals surface area contributed by atoms with Gasteiger partial charge in [-0.3, -0.25) is 0 Å². The molecule has 2 heteroatoms. The number of hydrogen-bond acceptors (Lipinski definition) is 2. The molecule has 0 unspecified atom stereocenters. The first kappa shape index (κ1) is 16.8. The summed E-state index contributed by atoms with van der Waals surface area (Å²) in [6.45, 7) is 7.05. The zero-order valence-corrected chi connectivity index (χ0v) is 13.1. The molecule has 0 saturated heterocycles. The fourth-order valence-electron chi connectivity index (χ4n) is 2.34. The molecule has 0 aliphatic rings. The second kappa shape index (κ2) is 8.80. The first-order valence-electron chi connectivity index (χ1n) is 7.78. The van der Waals surface area contributed by atoms with Crippen molar-refractivity contribution in [2.45, 2.75) is 58.5 Å². The number of hydrogen-bond donors (Lipinski definition) is 1. The molecule has 0 fully saturated rings. The lowest BCUT2D eigenvalue weighted by molar-refractivity contribution is 0.0714. The van der Waals surface area contributed by atoms with Crippen LogP contribution in [0.2, 0.25) is 0 Å². The first-order chi connectivity index (χ1) is 9.63. The summed E-state index contributed by atoms with van der Waals surface area (Å²) in [4.78, 5) is 0. The lowest BCUT2D eigenvalue weighted by Crippen LogP contribution is -2.24. The van der Waals surface area contributed by atoms with E-state index in [0.717, 1.165) is 50.0 Å². The number of aliphatic hydroxyl groups is 1. The zero-order valence-electron chi connectivity index (χ0n) is 13.1. The molecule has 1 aromatic rings. The zero-order chi connectivity index (χ0) is 14.8. The third kappa shape index (κ3) is 5.79. The topological polar surface area (TPSA) is 29.5 Å². The molecule has 2 nitrogen and oxygen atoms in total.